The predicted molar refractivity (Wildman–Crippen MR) is 75.6 cm³/mol. The molecule has 0 saturated carbocycles. The van der Waals surface area contributed by atoms with Gasteiger partial charge < -0.3 is 4.90 Å². The molecule has 3 heterocycles. The number of nitrogens with two attached hydrogens (primary N) is 1. The van der Waals surface area contributed by atoms with E-state index in [9.17, 15) is 10.1 Å². The molecule has 9 heteroatoms. The Labute approximate surface area is 118 Å². The van der Waals surface area contributed by atoms with Gasteiger partial charge in [-0.3, -0.25) is 15.5 Å². The number of aromatic nitrogens is 2. The molecule has 0 fully saturated rings. The van der Waals surface area contributed by atoms with Crippen LogP contribution < -0.4 is 16.2 Å². The molecular formula is C11H12N6O2S. The van der Waals surface area contributed by atoms with Gasteiger partial charge in [0.25, 0.3) is 0 Å². The van der Waals surface area contributed by atoms with Gasteiger partial charge in [0.05, 0.1) is 4.92 Å². The molecule has 0 unspecified atom stereocenters. The number of hydrogen-bond acceptors (Lipinski definition) is 8. The number of nitrogens with one attached hydrogen (secondary N) is 1. The van der Waals surface area contributed by atoms with Crippen LogP contribution in [0.5, 0.6) is 0 Å². The van der Waals surface area contributed by atoms with E-state index in [4.69, 9.17) is 5.84 Å². The van der Waals surface area contributed by atoms with Crippen LogP contribution in [0.1, 0.15) is 10.4 Å². The Morgan fingerprint density at radius 1 is 1.55 bits per heavy atom. The van der Waals surface area contributed by atoms with Crippen molar-refractivity contribution >= 4 is 28.8 Å². The third-order valence-electron chi connectivity index (χ3n) is 3.18. The SMILES string of the molecule is NNc1ncc([N+](=O)[O-])c(N2CCc3sccc3C2)n1. The summed E-state index contributed by atoms with van der Waals surface area (Å²) in [7, 11) is 0. The number of rotatable bonds is 3. The highest BCUT2D eigenvalue weighted by atomic mass is 32.1. The Balaban J connectivity index is 1.99. The highest BCUT2D eigenvalue weighted by Crippen LogP contribution is 2.32. The number of nitrogens with zero attached hydrogens (tertiary/aromatic N) is 4. The van der Waals surface area contributed by atoms with Crippen LogP contribution in [0.15, 0.2) is 17.6 Å². The number of hydrazine groups is 1. The quantitative estimate of drug-likeness (QED) is 0.498. The first-order chi connectivity index (χ1) is 9.69. The van der Waals surface area contributed by atoms with E-state index in [0.717, 1.165) is 6.42 Å². The monoisotopic (exact) mass is 292 g/mol. The molecule has 0 spiro atoms. The Morgan fingerprint density at radius 3 is 3.15 bits per heavy atom. The van der Waals surface area contributed by atoms with Crippen LogP contribution in [-0.4, -0.2) is 21.4 Å². The Hall–Kier alpha value is -2.26. The third kappa shape index (κ3) is 2.17. The van der Waals surface area contributed by atoms with Gasteiger partial charge in [-0.1, -0.05) is 0 Å². The molecule has 0 aliphatic carbocycles. The molecule has 8 nitrogen and oxygen atoms in total. The van der Waals surface area contributed by atoms with Crippen LogP contribution in [0.3, 0.4) is 0 Å². The van der Waals surface area contributed by atoms with Crippen LogP contribution in [0, 0.1) is 10.1 Å². The highest BCUT2D eigenvalue weighted by Gasteiger charge is 2.26. The van der Waals surface area contributed by atoms with Gasteiger partial charge in [0.1, 0.15) is 6.20 Å². The van der Waals surface area contributed by atoms with Crippen molar-refractivity contribution in [1.29, 1.82) is 0 Å². The van der Waals surface area contributed by atoms with Crippen LogP contribution >= 0.6 is 11.3 Å². The molecule has 2 aromatic heterocycles. The van der Waals surface area contributed by atoms with Gasteiger partial charge >= 0.3 is 5.69 Å². The minimum Gasteiger partial charge on any atom is -0.346 e. The number of nitro groups is 1. The maximum Gasteiger partial charge on any atom is 0.329 e. The van der Waals surface area contributed by atoms with Crippen molar-refractivity contribution in [3.63, 3.8) is 0 Å². The summed E-state index contributed by atoms with van der Waals surface area (Å²) in [4.78, 5) is 21.8. The second-order valence-corrected chi connectivity index (χ2v) is 5.35. The lowest BCUT2D eigenvalue weighted by atomic mass is 10.1. The van der Waals surface area contributed by atoms with Gasteiger partial charge in [-0.25, -0.2) is 10.8 Å². The standard InChI is InChI=1S/C11H12N6O2S/c12-15-11-13-5-8(17(18)19)10(14-11)16-3-1-9-7(6-16)2-4-20-9/h2,4-5H,1,3,6,12H2,(H,13,14,15). The molecule has 1 aliphatic heterocycles. The first-order valence-corrected chi connectivity index (χ1v) is 6.85. The van der Waals surface area contributed by atoms with E-state index in [-0.39, 0.29) is 11.6 Å². The average molecular weight is 292 g/mol. The zero-order chi connectivity index (χ0) is 14.1. The molecule has 0 saturated heterocycles. The molecule has 3 N–H and O–H groups in total. The van der Waals surface area contributed by atoms with Gasteiger partial charge in [-0.05, 0) is 23.4 Å². The number of thiophene rings is 1. The maximum atomic E-state index is 11.1. The van der Waals surface area contributed by atoms with Crippen LogP contribution in [0.2, 0.25) is 0 Å². The zero-order valence-corrected chi connectivity index (χ0v) is 11.3. The smallest absolute Gasteiger partial charge is 0.329 e. The largest absolute Gasteiger partial charge is 0.346 e. The van der Waals surface area contributed by atoms with E-state index < -0.39 is 4.92 Å². The molecule has 0 amide bonds. The normalized spacial score (nSPS) is 13.9. The van der Waals surface area contributed by atoms with Crippen molar-refractivity contribution in [2.45, 2.75) is 13.0 Å². The second kappa shape index (κ2) is 5.02. The van der Waals surface area contributed by atoms with E-state index >= 15 is 0 Å². The summed E-state index contributed by atoms with van der Waals surface area (Å²) >= 11 is 1.72. The molecule has 104 valence electrons. The van der Waals surface area contributed by atoms with Gasteiger partial charge in [0.2, 0.25) is 11.8 Å². The minimum atomic E-state index is -0.473. The van der Waals surface area contributed by atoms with Crippen LogP contribution in [0.4, 0.5) is 17.5 Å². The fourth-order valence-electron chi connectivity index (χ4n) is 2.23. The molecular weight excluding hydrogens is 280 g/mol. The van der Waals surface area contributed by atoms with Gasteiger partial charge in [-0.2, -0.15) is 4.98 Å². The summed E-state index contributed by atoms with van der Waals surface area (Å²) in [6, 6.07) is 2.04. The third-order valence-corrected chi connectivity index (χ3v) is 4.21. The molecule has 3 rings (SSSR count). The summed E-state index contributed by atoms with van der Waals surface area (Å²) < 4.78 is 0. The van der Waals surface area contributed by atoms with Crippen molar-refractivity contribution in [2.24, 2.45) is 5.84 Å². The fourth-order valence-corrected chi connectivity index (χ4v) is 3.12. The van der Waals surface area contributed by atoms with Crippen molar-refractivity contribution < 1.29 is 4.92 Å². The molecule has 0 atom stereocenters. The maximum absolute atomic E-state index is 11.1. The lowest BCUT2D eigenvalue weighted by Crippen LogP contribution is -2.31. The Kier molecular flexibility index (Phi) is 3.20. The van der Waals surface area contributed by atoms with Crippen molar-refractivity contribution in [2.75, 3.05) is 16.9 Å². The van der Waals surface area contributed by atoms with E-state index in [1.807, 2.05) is 16.3 Å². The van der Waals surface area contributed by atoms with Gasteiger partial charge in [-0.15, -0.1) is 11.3 Å². The summed E-state index contributed by atoms with van der Waals surface area (Å²) in [6.45, 7) is 1.30. The lowest BCUT2D eigenvalue weighted by Gasteiger charge is -2.27. The summed E-state index contributed by atoms with van der Waals surface area (Å²) in [6.07, 6.45) is 2.04. The van der Waals surface area contributed by atoms with Crippen molar-refractivity contribution in [3.05, 3.63) is 38.2 Å². The predicted octanol–water partition coefficient (Wildman–Crippen LogP) is 1.29. The Bertz CT molecular complexity index is 658. The molecule has 20 heavy (non-hydrogen) atoms. The molecule has 1 aliphatic rings. The van der Waals surface area contributed by atoms with Crippen molar-refractivity contribution in [3.8, 4) is 0 Å². The number of nitrogen functional groups attached to an aromatic ring is 1. The number of fused-ring (bicyclic) bond motifs is 1. The molecule has 0 radical (unpaired) electrons. The second-order valence-electron chi connectivity index (χ2n) is 4.34. The average Bonchev–Trinajstić information content (AvgIpc) is 2.93. The lowest BCUT2D eigenvalue weighted by molar-refractivity contribution is -0.384. The van der Waals surface area contributed by atoms with Crippen molar-refractivity contribution in [1.82, 2.24) is 9.97 Å². The number of hydrogen-bond donors (Lipinski definition) is 2. The van der Waals surface area contributed by atoms with Crippen LogP contribution in [-0.2, 0) is 13.0 Å². The molecule has 0 bridgehead atoms. The van der Waals surface area contributed by atoms with Crippen LogP contribution in [0.25, 0.3) is 0 Å². The number of anilines is 2. The van der Waals surface area contributed by atoms with Gasteiger partial charge in [0.15, 0.2) is 0 Å². The minimum absolute atomic E-state index is 0.109. The van der Waals surface area contributed by atoms with Gasteiger partial charge in [0, 0.05) is 18.0 Å². The summed E-state index contributed by atoms with van der Waals surface area (Å²) in [5.41, 5.74) is 3.40. The van der Waals surface area contributed by atoms with E-state index in [1.165, 1.54) is 16.6 Å². The summed E-state index contributed by atoms with van der Waals surface area (Å²) in [5, 5.41) is 13.1. The van der Waals surface area contributed by atoms with E-state index in [0.29, 0.717) is 18.9 Å². The zero-order valence-electron chi connectivity index (χ0n) is 10.4. The molecule has 2 aromatic rings. The fraction of sp³-hybridized carbons (Fsp3) is 0.273. The topological polar surface area (TPSA) is 110 Å². The van der Waals surface area contributed by atoms with E-state index in [2.05, 4.69) is 15.4 Å². The Morgan fingerprint density at radius 2 is 2.40 bits per heavy atom. The first-order valence-electron chi connectivity index (χ1n) is 5.97. The molecule has 0 aromatic carbocycles. The first kappa shape index (κ1) is 12.8. The van der Waals surface area contributed by atoms with E-state index in [1.54, 1.807) is 11.3 Å². The highest BCUT2D eigenvalue weighted by molar-refractivity contribution is 7.10. The summed E-state index contributed by atoms with van der Waals surface area (Å²) in [5.74, 6) is 5.74.